The van der Waals surface area contributed by atoms with Crippen molar-refractivity contribution in [1.82, 2.24) is 25.4 Å². The lowest BCUT2D eigenvalue weighted by molar-refractivity contribution is 0.239. The molecule has 20 heavy (non-hydrogen) atoms. The van der Waals surface area contributed by atoms with Gasteiger partial charge >= 0.3 is 6.03 Å². The van der Waals surface area contributed by atoms with Crippen molar-refractivity contribution in [3.05, 3.63) is 47.5 Å². The minimum absolute atomic E-state index is 0.191. The van der Waals surface area contributed by atoms with E-state index < -0.39 is 0 Å². The molecule has 0 fully saturated rings. The number of rotatable bonds is 4. The summed E-state index contributed by atoms with van der Waals surface area (Å²) in [6.07, 6.45) is 2.09. The number of urea groups is 1. The molecule has 0 radical (unpaired) electrons. The third-order valence-electron chi connectivity index (χ3n) is 3.39. The summed E-state index contributed by atoms with van der Waals surface area (Å²) in [5, 5.41) is 13.8. The van der Waals surface area contributed by atoms with E-state index in [2.05, 4.69) is 25.4 Å². The highest BCUT2D eigenvalue weighted by molar-refractivity contribution is 5.73. The maximum Gasteiger partial charge on any atom is 0.315 e. The Labute approximate surface area is 117 Å². The number of hydrogen-bond acceptors (Lipinski definition) is 3. The fourth-order valence-electron chi connectivity index (χ4n) is 2.34. The Hall–Kier alpha value is -2.37. The third kappa shape index (κ3) is 2.79. The molecule has 0 aliphatic carbocycles. The van der Waals surface area contributed by atoms with Crippen molar-refractivity contribution >= 4 is 6.03 Å². The maximum atomic E-state index is 11.7. The van der Waals surface area contributed by atoms with Gasteiger partial charge in [-0.3, -0.25) is 0 Å². The van der Waals surface area contributed by atoms with Crippen LogP contribution in [0.5, 0.6) is 0 Å². The average molecular weight is 271 g/mol. The van der Waals surface area contributed by atoms with Crippen LogP contribution in [0.3, 0.4) is 0 Å². The summed E-state index contributed by atoms with van der Waals surface area (Å²) in [6.45, 7) is 1.88. The summed E-state index contributed by atoms with van der Waals surface area (Å²) in [5.41, 5.74) is 1.08. The van der Waals surface area contributed by atoms with Crippen LogP contribution in [0.2, 0.25) is 0 Å². The van der Waals surface area contributed by atoms with Gasteiger partial charge in [0.1, 0.15) is 5.82 Å². The number of carbonyl (C=O) groups excluding carboxylic acids is 1. The number of hydrogen-bond donors (Lipinski definition) is 2. The maximum absolute atomic E-state index is 11.7. The van der Waals surface area contributed by atoms with Gasteiger partial charge in [0.05, 0.1) is 6.54 Å². The van der Waals surface area contributed by atoms with E-state index in [0.717, 1.165) is 36.6 Å². The Bertz CT molecular complexity index is 593. The first kappa shape index (κ1) is 12.7. The number of benzene rings is 1. The minimum atomic E-state index is -0.191. The molecule has 0 saturated heterocycles. The van der Waals surface area contributed by atoms with E-state index >= 15 is 0 Å². The molecule has 1 aromatic carbocycles. The number of aryl methyl sites for hydroxylation is 1. The highest BCUT2D eigenvalue weighted by Crippen LogP contribution is 2.13. The smallest absolute Gasteiger partial charge is 0.315 e. The number of aromatic nitrogens is 3. The Morgan fingerprint density at radius 2 is 1.95 bits per heavy atom. The summed E-state index contributed by atoms with van der Waals surface area (Å²) in [6, 6.07) is 9.62. The minimum Gasteiger partial charge on any atom is -0.334 e. The molecular weight excluding hydrogens is 254 g/mol. The molecule has 6 nitrogen and oxygen atoms in total. The lowest BCUT2D eigenvalue weighted by Crippen LogP contribution is -2.35. The SMILES string of the molecule is O=C(NCc1ccccc1)NCc1nnc2n1CCC2. The fraction of sp³-hybridized carbons (Fsp3) is 0.357. The van der Waals surface area contributed by atoms with Crippen molar-refractivity contribution in [3.8, 4) is 0 Å². The molecule has 1 aromatic heterocycles. The van der Waals surface area contributed by atoms with Gasteiger partial charge in [-0.1, -0.05) is 30.3 Å². The Kier molecular flexibility index (Phi) is 3.62. The number of amides is 2. The van der Waals surface area contributed by atoms with Crippen molar-refractivity contribution in [1.29, 1.82) is 0 Å². The summed E-state index contributed by atoms with van der Waals surface area (Å²) >= 11 is 0. The van der Waals surface area contributed by atoms with Gasteiger partial charge in [-0.25, -0.2) is 4.79 Å². The monoisotopic (exact) mass is 271 g/mol. The van der Waals surface area contributed by atoms with Gasteiger partial charge in [-0.05, 0) is 12.0 Å². The van der Waals surface area contributed by atoms with Crippen LogP contribution in [-0.2, 0) is 26.1 Å². The first-order chi connectivity index (χ1) is 9.83. The van der Waals surface area contributed by atoms with Crippen molar-refractivity contribution in [3.63, 3.8) is 0 Å². The van der Waals surface area contributed by atoms with Gasteiger partial charge in [-0.2, -0.15) is 0 Å². The molecular formula is C14H17N5O. The molecule has 0 atom stereocenters. The normalized spacial score (nSPS) is 13.0. The van der Waals surface area contributed by atoms with Gasteiger partial charge in [0, 0.05) is 19.5 Å². The second-order valence-corrected chi connectivity index (χ2v) is 4.81. The highest BCUT2D eigenvalue weighted by atomic mass is 16.2. The molecule has 2 amide bonds. The molecule has 0 bridgehead atoms. The van der Waals surface area contributed by atoms with Gasteiger partial charge in [0.2, 0.25) is 0 Å². The Morgan fingerprint density at radius 3 is 2.80 bits per heavy atom. The van der Waals surface area contributed by atoms with Gasteiger partial charge in [0.15, 0.2) is 5.82 Å². The number of fused-ring (bicyclic) bond motifs is 1. The largest absolute Gasteiger partial charge is 0.334 e. The van der Waals surface area contributed by atoms with Crippen LogP contribution in [0, 0.1) is 0 Å². The second kappa shape index (κ2) is 5.73. The average Bonchev–Trinajstić information content (AvgIpc) is 3.07. The molecule has 6 heteroatoms. The molecule has 2 heterocycles. The van der Waals surface area contributed by atoms with E-state index in [1.807, 2.05) is 30.3 Å². The standard InChI is InChI=1S/C14H17N5O/c20-14(15-9-11-5-2-1-3-6-11)16-10-13-18-17-12-7-4-8-19(12)13/h1-3,5-6H,4,7-10H2,(H2,15,16,20). The fourth-order valence-corrected chi connectivity index (χ4v) is 2.34. The third-order valence-corrected chi connectivity index (χ3v) is 3.39. The molecule has 0 spiro atoms. The zero-order valence-corrected chi connectivity index (χ0v) is 11.2. The van der Waals surface area contributed by atoms with E-state index in [9.17, 15) is 4.79 Å². The van der Waals surface area contributed by atoms with Crippen molar-refractivity contribution < 1.29 is 4.79 Å². The number of carbonyl (C=O) groups is 1. The number of nitrogens with zero attached hydrogens (tertiary/aromatic N) is 3. The predicted octanol–water partition coefficient (Wildman–Crippen LogP) is 1.22. The predicted molar refractivity (Wildman–Crippen MR) is 73.9 cm³/mol. The van der Waals surface area contributed by atoms with Crippen LogP contribution in [0.1, 0.15) is 23.6 Å². The second-order valence-electron chi connectivity index (χ2n) is 4.81. The zero-order valence-electron chi connectivity index (χ0n) is 11.2. The zero-order chi connectivity index (χ0) is 13.8. The highest BCUT2D eigenvalue weighted by Gasteiger charge is 2.17. The quantitative estimate of drug-likeness (QED) is 0.878. The summed E-state index contributed by atoms with van der Waals surface area (Å²) in [7, 11) is 0. The van der Waals surface area contributed by atoms with Gasteiger partial charge in [-0.15, -0.1) is 10.2 Å². The summed E-state index contributed by atoms with van der Waals surface area (Å²) in [5.74, 6) is 1.85. The van der Waals surface area contributed by atoms with Crippen LogP contribution in [-0.4, -0.2) is 20.8 Å². The summed E-state index contributed by atoms with van der Waals surface area (Å²) in [4.78, 5) is 11.7. The van der Waals surface area contributed by atoms with Crippen molar-refractivity contribution in [2.45, 2.75) is 32.5 Å². The molecule has 3 rings (SSSR count). The van der Waals surface area contributed by atoms with Gasteiger partial charge < -0.3 is 15.2 Å². The Balaban J connectivity index is 1.47. The van der Waals surface area contributed by atoms with Crippen molar-refractivity contribution in [2.24, 2.45) is 0 Å². The van der Waals surface area contributed by atoms with Crippen LogP contribution < -0.4 is 10.6 Å². The lowest BCUT2D eigenvalue weighted by Gasteiger charge is -2.07. The van der Waals surface area contributed by atoms with Crippen LogP contribution >= 0.6 is 0 Å². The molecule has 2 N–H and O–H groups in total. The van der Waals surface area contributed by atoms with E-state index in [-0.39, 0.29) is 6.03 Å². The van der Waals surface area contributed by atoms with Crippen LogP contribution in [0.4, 0.5) is 4.79 Å². The number of nitrogens with one attached hydrogen (secondary N) is 2. The van der Waals surface area contributed by atoms with Crippen molar-refractivity contribution in [2.75, 3.05) is 0 Å². The first-order valence-corrected chi connectivity index (χ1v) is 6.79. The Morgan fingerprint density at radius 1 is 1.15 bits per heavy atom. The topological polar surface area (TPSA) is 71.8 Å². The molecule has 1 aliphatic rings. The first-order valence-electron chi connectivity index (χ1n) is 6.79. The molecule has 0 unspecified atom stereocenters. The molecule has 0 saturated carbocycles. The van der Waals surface area contributed by atoms with E-state index in [4.69, 9.17) is 0 Å². The molecule has 1 aliphatic heterocycles. The van der Waals surface area contributed by atoms with E-state index in [1.165, 1.54) is 0 Å². The van der Waals surface area contributed by atoms with Crippen LogP contribution in [0.25, 0.3) is 0 Å². The van der Waals surface area contributed by atoms with Gasteiger partial charge in [0.25, 0.3) is 0 Å². The van der Waals surface area contributed by atoms with E-state index in [0.29, 0.717) is 13.1 Å². The lowest BCUT2D eigenvalue weighted by atomic mass is 10.2. The van der Waals surface area contributed by atoms with E-state index in [1.54, 1.807) is 0 Å². The molecule has 2 aromatic rings. The van der Waals surface area contributed by atoms with Crippen LogP contribution in [0.15, 0.2) is 30.3 Å². The summed E-state index contributed by atoms with van der Waals surface area (Å²) < 4.78 is 2.08. The molecule has 104 valence electrons.